The van der Waals surface area contributed by atoms with Gasteiger partial charge in [0.1, 0.15) is 0 Å². The van der Waals surface area contributed by atoms with Crippen molar-refractivity contribution in [1.82, 2.24) is 4.90 Å². The summed E-state index contributed by atoms with van der Waals surface area (Å²) in [4.78, 5) is 13.5. The third-order valence-electron chi connectivity index (χ3n) is 3.00. The summed E-state index contributed by atoms with van der Waals surface area (Å²) in [7, 11) is 0. The van der Waals surface area contributed by atoms with Crippen molar-refractivity contribution >= 4 is 11.7 Å². The summed E-state index contributed by atoms with van der Waals surface area (Å²) in [5.41, 5.74) is 3.02. The minimum absolute atomic E-state index is 0.0266. The Labute approximate surface area is 113 Å². The third kappa shape index (κ3) is 4.89. The summed E-state index contributed by atoms with van der Waals surface area (Å²) in [6, 6.07) is 5.46. The zero-order valence-corrected chi connectivity index (χ0v) is 11.5. The second-order valence-corrected chi connectivity index (χ2v) is 4.52. The topological polar surface area (TPSA) is 72.8 Å². The first-order chi connectivity index (χ1) is 9.08. The highest BCUT2D eigenvalue weighted by Crippen LogP contribution is 2.14. The van der Waals surface area contributed by atoms with Crippen LogP contribution in [0, 0.1) is 13.8 Å². The molecular weight excluding hydrogens is 244 g/mol. The highest BCUT2D eigenvalue weighted by molar-refractivity contribution is 5.89. The number of aryl methyl sites for hydroxylation is 2. The first-order valence-corrected chi connectivity index (χ1v) is 6.43. The molecule has 1 aromatic carbocycles. The maximum Gasteiger partial charge on any atom is 0.321 e. The van der Waals surface area contributed by atoms with Gasteiger partial charge in [0.15, 0.2) is 0 Å². The molecule has 0 aliphatic heterocycles. The van der Waals surface area contributed by atoms with E-state index >= 15 is 0 Å². The summed E-state index contributed by atoms with van der Waals surface area (Å²) < 4.78 is 0. The normalized spacial score (nSPS) is 10.3. The van der Waals surface area contributed by atoms with Crippen LogP contribution in [-0.4, -0.2) is 47.4 Å². The van der Waals surface area contributed by atoms with Crippen molar-refractivity contribution in [3.8, 4) is 0 Å². The number of amides is 2. The molecule has 0 atom stereocenters. The quantitative estimate of drug-likeness (QED) is 0.731. The number of carbonyl (C=O) groups excluding carboxylic acids is 1. The predicted octanol–water partition coefficient (Wildman–Crippen LogP) is 1.51. The van der Waals surface area contributed by atoms with Crippen LogP contribution in [-0.2, 0) is 0 Å². The van der Waals surface area contributed by atoms with Gasteiger partial charge in [0.05, 0.1) is 6.61 Å². The van der Waals surface area contributed by atoms with Gasteiger partial charge in [-0.1, -0.05) is 6.07 Å². The molecule has 0 heterocycles. The molecule has 0 radical (unpaired) electrons. The molecule has 3 N–H and O–H groups in total. The number of nitrogens with zero attached hydrogens (tertiary/aromatic N) is 1. The SMILES string of the molecule is Cc1ccc(NC(=O)N(CCO)CCCO)cc1C. The molecule has 5 nitrogen and oxygen atoms in total. The fraction of sp³-hybridized carbons (Fsp3) is 0.500. The number of aliphatic hydroxyl groups excluding tert-OH is 2. The van der Waals surface area contributed by atoms with E-state index in [0.717, 1.165) is 11.3 Å². The zero-order valence-electron chi connectivity index (χ0n) is 11.5. The molecule has 1 aromatic rings. The van der Waals surface area contributed by atoms with Crippen LogP contribution in [0.25, 0.3) is 0 Å². The number of carbonyl (C=O) groups is 1. The Balaban J connectivity index is 2.66. The average molecular weight is 266 g/mol. The molecule has 0 aromatic heterocycles. The monoisotopic (exact) mass is 266 g/mol. The minimum Gasteiger partial charge on any atom is -0.396 e. The number of urea groups is 1. The number of benzene rings is 1. The Morgan fingerprint density at radius 3 is 2.47 bits per heavy atom. The molecule has 19 heavy (non-hydrogen) atoms. The number of nitrogens with one attached hydrogen (secondary N) is 1. The summed E-state index contributed by atoms with van der Waals surface area (Å²) in [6.07, 6.45) is 0.500. The van der Waals surface area contributed by atoms with E-state index in [0.29, 0.717) is 13.0 Å². The fourth-order valence-electron chi connectivity index (χ4n) is 1.72. The van der Waals surface area contributed by atoms with Gasteiger partial charge in [0.25, 0.3) is 0 Å². The molecule has 0 saturated heterocycles. The number of hydrogen-bond donors (Lipinski definition) is 3. The van der Waals surface area contributed by atoms with Gasteiger partial charge in [-0.25, -0.2) is 4.79 Å². The summed E-state index contributed by atoms with van der Waals surface area (Å²) in [5.74, 6) is 0. The van der Waals surface area contributed by atoms with Crippen LogP contribution in [0.1, 0.15) is 17.5 Å². The molecule has 5 heteroatoms. The van der Waals surface area contributed by atoms with E-state index in [4.69, 9.17) is 10.2 Å². The van der Waals surface area contributed by atoms with E-state index in [9.17, 15) is 4.79 Å². The number of anilines is 1. The van der Waals surface area contributed by atoms with Crippen molar-refractivity contribution < 1.29 is 15.0 Å². The molecule has 0 aliphatic rings. The fourth-order valence-corrected chi connectivity index (χ4v) is 1.72. The maximum atomic E-state index is 12.0. The number of hydrogen-bond acceptors (Lipinski definition) is 3. The van der Waals surface area contributed by atoms with Crippen molar-refractivity contribution in [2.75, 3.05) is 31.6 Å². The lowest BCUT2D eigenvalue weighted by Crippen LogP contribution is -2.38. The largest absolute Gasteiger partial charge is 0.396 e. The highest BCUT2D eigenvalue weighted by atomic mass is 16.3. The first kappa shape index (κ1) is 15.5. The van der Waals surface area contributed by atoms with Gasteiger partial charge in [-0.3, -0.25) is 0 Å². The molecule has 1 rings (SSSR count). The molecule has 0 aliphatic carbocycles. The number of rotatable bonds is 6. The van der Waals surface area contributed by atoms with Gasteiger partial charge in [-0.15, -0.1) is 0 Å². The Hall–Kier alpha value is -1.59. The van der Waals surface area contributed by atoms with Crippen LogP contribution in [0.5, 0.6) is 0 Å². The standard InChI is InChI=1S/C14H22N2O3/c1-11-4-5-13(10-12(11)2)15-14(19)16(7-9-18)6-3-8-17/h4-5,10,17-18H,3,6-9H2,1-2H3,(H,15,19). The Morgan fingerprint density at radius 1 is 1.16 bits per heavy atom. The zero-order chi connectivity index (χ0) is 14.3. The van der Waals surface area contributed by atoms with Crippen molar-refractivity contribution in [2.45, 2.75) is 20.3 Å². The smallest absolute Gasteiger partial charge is 0.321 e. The van der Waals surface area contributed by atoms with E-state index in [1.54, 1.807) is 0 Å². The summed E-state index contributed by atoms with van der Waals surface area (Å²) >= 11 is 0. The molecule has 106 valence electrons. The Bertz CT molecular complexity index is 421. The van der Waals surface area contributed by atoms with Crippen LogP contribution in [0.15, 0.2) is 18.2 Å². The lowest BCUT2D eigenvalue weighted by molar-refractivity contribution is 0.180. The maximum absolute atomic E-state index is 12.0. The predicted molar refractivity (Wildman–Crippen MR) is 75.3 cm³/mol. The van der Waals surface area contributed by atoms with Gasteiger partial charge >= 0.3 is 6.03 Å². The van der Waals surface area contributed by atoms with E-state index in [-0.39, 0.29) is 25.8 Å². The van der Waals surface area contributed by atoms with E-state index < -0.39 is 0 Å². The molecule has 2 amide bonds. The average Bonchev–Trinajstić information content (AvgIpc) is 2.38. The minimum atomic E-state index is -0.259. The lowest BCUT2D eigenvalue weighted by atomic mass is 10.1. The van der Waals surface area contributed by atoms with Crippen molar-refractivity contribution in [3.05, 3.63) is 29.3 Å². The van der Waals surface area contributed by atoms with Crippen LogP contribution in [0.4, 0.5) is 10.5 Å². The van der Waals surface area contributed by atoms with E-state index in [2.05, 4.69) is 5.32 Å². The van der Waals surface area contributed by atoms with Crippen molar-refractivity contribution in [2.24, 2.45) is 0 Å². The lowest BCUT2D eigenvalue weighted by Gasteiger charge is -2.22. The molecule has 0 bridgehead atoms. The van der Waals surface area contributed by atoms with Crippen LogP contribution >= 0.6 is 0 Å². The molecule has 0 fully saturated rings. The molecule has 0 unspecified atom stereocenters. The van der Waals surface area contributed by atoms with Crippen LogP contribution < -0.4 is 5.32 Å². The third-order valence-corrected chi connectivity index (χ3v) is 3.00. The van der Waals surface area contributed by atoms with Crippen molar-refractivity contribution in [3.63, 3.8) is 0 Å². The second kappa shape index (κ2) is 7.76. The van der Waals surface area contributed by atoms with E-state index in [1.165, 1.54) is 10.5 Å². The van der Waals surface area contributed by atoms with Crippen LogP contribution in [0.2, 0.25) is 0 Å². The van der Waals surface area contributed by atoms with Gasteiger partial charge in [-0.2, -0.15) is 0 Å². The molecule has 0 saturated carbocycles. The van der Waals surface area contributed by atoms with Gasteiger partial charge in [-0.05, 0) is 43.5 Å². The van der Waals surface area contributed by atoms with Gasteiger partial charge < -0.3 is 20.4 Å². The van der Waals surface area contributed by atoms with Crippen LogP contribution in [0.3, 0.4) is 0 Å². The van der Waals surface area contributed by atoms with E-state index in [1.807, 2.05) is 32.0 Å². The Kier molecular flexibility index (Phi) is 6.32. The second-order valence-electron chi connectivity index (χ2n) is 4.52. The van der Waals surface area contributed by atoms with Gasteiger partial charge in [0.2, 0.25) is 0 Å². The Morgan fingerprint density at radius 2 is 1.89 bits per heavy atom. The summed E-state index contributed by atoms with van der Waals surface area (Å²) in [6.45, 7) is 4.62. The molecule has 0 spiro atoms. The van der Waals surface area contributed by atoms with Crippen molar-refractivity contribution in [1.29, 1.82) is 0 Å². The highest BCUT2D eigenvalue weighted by Gasteiger charge is 2.12. The first-order valence-electron chi connectivity index (χ1n) is 6.43. The van der Waals surface area contributed by atoms with Gasteiger partial charge in [0, 0.05) is 25.4 Å². The summed E-state index contributed by atoms with van der Waals surface area (Å²) in [5, 5.41) is 20.5. The molecular formula is C14H22N2O3. The number of aliphatic hydroxyl groups is 2.